The molecule has 2 heterocycles. The lowest BCUT2D eigenvalue weighted by molar-refractivity contribution is -0.128. The van der Waals surface area contributed by atoms with Gasteiger partial charge >= 0.3 is 0 Å². The highest BCUT2D eigenvalue weighted by molar-refractivity contribution is 6.31. The van der Waals surface area contributed by atoms with Gasteiger partial charge in [0.2, 0.25) is 5.91 Å². The van der Waals surface area contributed by atoms with Crippen LogP contribution in [0.3, 0.4) is 0 Å². The number of fused-ring (bicyclic) bond motifs is 1. The molecule has 3 aromatic carbocycles. The van der Waals surface area contributed by atoms with Gasteiger partial charge < -0.3 is 4.74 Å². The minimum absolute atomic E-state index is 0.311. The number of hydrogen-bond acceptors (Lipinski definition) is 5. The highest BCUT2D eigenvalue weighted by Crippen LogP contribution is 2.55. The van der Waals surface area contributed by atoms with Gasteiger partial charge in [-0.1, -0.05) is 41.9 Å². The fraction of sp³-hybridized carbons (Fsp3) is 0.200. The summed E-state index contributed by atoms with van der Waals surface area (Å²) in [5.41, 5.74) is 0.950. The van der Waals surface area contributed by atoms with Crippen LogP contribution in [0.25, 0.3) is 0 Å². The topological polar surface area (TPSA) is 59.1 Å². The van der Waals surface area contributed by atoms with Crippen molar-refractivity contribution in [1.82, 2.24) is 0 Å². The van der Waals surface area contributed by atoms with Crippen LogP contribution in [0.2, 0.25) is 5.02 Å². The number of amides is 2. The molecule has 32 heavy (non-hydrogen) atoms. The number of nitrogens with zero attached hydrogens (tertiary/aromatic N) is 2. The second-order valence-corrected chi connectivity index (χ2v) is 8.50. The van der Waals surface area contributed by atoms with E-state index in [-0.39, 0.29) is 5.91 Å². The second-order valence-electron chi connectivity index (χ2n) is 8.06. The average molecular weight is 449 g/mol. The Balaban J connectivity index is 1.62. The number of methoxy groups -OCH3 is 1. The van der Waals surface area contributed by atoms with Crippen LogP contribution >= 0.6 is 11.6 Å². The van der Waals surface area contributed by atoms with Crippen molar-refractivity contribution < 1.29 is 19.2 Å². The Kier molecular flexibility index (Phi) is 4.92. The molecule has 0 radical (unpaired) electrons. The van der Waals surface area contributed by atoms with E-state index >= 15 is 0 Å². The number of halogens is 1. The number of ether oxygens (including phenoxy) is 1. The maximum atomic E-state index is 13.8. The zero-order chi connectivity index (χ0) is 22.5. The van der Waals surface area contributed by atoms with Crippen molar-refractivity contribution in [3.05, 3.63) is 89.4 Å². The highest BCUT2D eigenvalue weighted by atomic mass is 35.5. The van der Waals surface area contributed by atoms with Gasteiger partial charge in [-0.25, -0.2) is 9.96 Å². The van der Waals surface area contributed by atoms with E-state index in [1.165, 1.54) is 4.90 Å². The van der Waals surface area contributed by atoms with Crippen molar-refractivity contribution in [3.63, 3.8) is 0 Å². The molecule has 2 aliphatic heterocycles. The largest absolute Gasteiger partial charge is 0.497 e. The molecule has 3 aromatic rings. The Labute approximate surface area is 190 Å². The maximum Gasteiger partial charge on any atom is 0.266 e. The van der Waals surface area contributed by atoms with Gasteiger partial charge in [0.1, 0.15) is 11.2 Å². The molecule has 162 valence electrons. The molecule has 0 unspecified atom stereocenters. The van der Waals surface area contributed by atoms with Crippen molar-refractivity contribution in [3.8, 4) is 5.75 Å². The fourth-order valence-corrected chi connectivity index (χ4v) is 4.67. The van der Waals surface area contributed by atoms with Gasteiger partial charge in [0, 0.05) is 5.02 Å². The summed E-state index contributed by atoms with van der Waals surface area (Å²) in [5.74, 6) is 0.00285. The lowest BCUT2D eigenvalue weighted by Crippen LogP contribution is -2.41. The van der Waals surface area contributed by atoms with Gasteiger partial charge in [0.15, 0.2) is 6.10 Å². The maximum absolute atomic E-state index is 13.8. The van der Waals surface area contributed by atoms with Crippen molar-refractivity contribution in [2.24, 2.45) is 5.41 Å². The number of carbonyl (C=O) groups excluding carboxylic acids is 2. The molecular formula is C25H21ClN2O4. The molecule has 2 amide bonds. The summed E-state index contributed by atoms with van der Waals surface area (Å²) in [5, 5.41) is 2.21. The van der Waals surface area contributed by atoms with Gasteiger partial charge in [-0.05, 0) is 61.0 Å². The lowest BCUT2D eigenvalue weighted by atomic mass is 9.76. The second kappa shape index (κ2) is 7.65. The number of hydroxylamine groups is 1. The minimum Gasteiger partial charge on any atom is -0.497 e. The normalized spacial score (nSPS) is 24.7. The summed E-state index contributed by atoms with van der Waals surface area (Å²) in [6.07, 6.45) is -0.960. The summed E-state index contributed by atoms with van der Waals surface area (Å²) in [4.78, 5) is 34.7. The fourth-order valence-electron chi connectivity index (χ4n) is 4.55. The van der Waals surface area contributed by atoms with Crippen LogP contribution < -0.4 is 14.7 Å². The zero-order valence-electron chi connectivity index (χ0n) is 17.6. The van der Waals surface area contributed by atoms with E-state index in [0.717, 1.165) is 11.3 Å². The molecule has 5 rings (SSSR count). The Morgan fingerprint density at radius 2 is 1.56 bits per heavy atom. The summed E-state index contributed by atoms with van der Waals surface area (Å²) in [6.45, 7) is 1.80. The molecule has 2 saturated heterocycles. The molecule has 2 aliphatic rings. The molecule has 2 fully saturated rings. The number of imide groups is 1. The number of para-hydroxylation sites is 1. The Hall–Kier alpha value is -3.35. The van der Waals surface area contributed by atoms with Crippen molar-refractivity contribution in [1.29, 1.82) is 0 Å². The molecule has 0 bridgehead atoms. The molecule has 0 N–H and O–H groups in total. The van der Waals surface area contributed by atoms with Gasteiger partial charge in [0.05, 0.1) is 24.5 Å². The van der Waals surface area contributed by atoms with Crippen LogP contribution in [-0.2, 0) is 14.4 Å². The minimum atomic E-state index is -1.14. The van der Waals surface area contributed by atoms with Gasteiger partial charge in [-0.2, -0.15) is 0 Å². The first-order valence-electron chi connectivity index (χ1n) is 10.2. The first-order valence-corrected chi connectivity index (χ1v) is 10.6. The monoisotopic (exact) mass is 448 g/mol. The summed E-state index contributed by atoms with van der Waals surface area (Å²) in [6, 6.07) is 23.1. The van der Waals surface area contributed by atoms with Crippen molar-refractivity contribution in [2.75, 3.05) is 17.1 Å². The van der Waals surface area contributed by atoms with Gasteiger partial charge in [-0.15, -0.1) is 0 Å². The quantitative estimate of drug-likeness (QED) is 0.537. The van der Waals surface area contributed by atoms with Crippen molar-refractivity contribution in [2.45, 2.75) is 19.1 Å². The number of hydrogen-bond donors (Lipinski definition) is 0. The third-order valence-electron chi connectivity index (χ3n) is 6.20. The van der Waals surface area contributed by atoms with E-state index < -0.39 is 23.5 Å². The van der Waals surface area contributed by atoms with E-state index in [1.807, 2.05) is 54.6 Å². The third-order valence-corrected chi connectivity index (χ3v) is 6.45. The van der Waals surface area contributed by atoms with E-state index in [1.54, 1.807) is 43.4 Å². The summed E-state index contributed by atoms with van der Waals surface area (Å²) < 4.78 is 5.29. The van der Waals surface area contributed by atoms with Gasteiger partial charge in [-0.3, -0.25) is 14.4 Å². The predicted molar refractivity (Wildman–Crippen MR) is 122 cm³/mol. The third kappa shape index (κ3) is 2.98. The van der Waals surface area contributed by atoms with E-state index in [4.69, 9.17) is 21.2 Å². The molecule has 0 saturated carbocycles. The number of carbonyl (C=O) groups is 2. The smallest absolute Gasteiger partial charge is 0.266 e. The van der Waals surface area contributed by atoms with Crippen LogP contribution in [0, 0.1) is 5.41 Å². The summed E-state index contributed by atoms with van der Waals surface area (Å²) >= 11 is 6.00. The lowest BCUT2D eigenvalue weighted by Gasteiger charge is -2.32. The molecule has 0 aliphatic carbocycles. The molecule has 6 nitrogen and oxygen atoms in total. The number of rotatable bonds is 4. The van der Waals surface area contributed by atoms with Crippen LogP contribution in [0.1, 0.15) is 18.5 Å². The highest BCUT2D eigenvalue weighted by Gasteiger charge is 2.68. The number of anilines is 2. The predicted octanol–water partition coefficient (Wildman–Crippen LogP) is 4.79. The average Bonchev–Trinajstić information content (AvgIpc) is 3.23. The van der Waals surface area contributed by atoms with Crippen LogP contribution in [0.5, 0.6) is 5.75 Å². The van der Waals surface area contributed by atoms with Gasteiger partial charge in [0.25, 0.3) is 5.91 Å². The molecule has 3 atom stereocenters. The molecule has 0 aromatic heterocycles. The molecule has 0 spiro atoms. The number of benzene rings is 3. The first kappa shape index (κ1) is 20.5. The van der Waals surface area contributed by atoms with E-state index in [9.17, 15) is 9.59 Å². The standard InChI is InChI=1S/C25H21ClN2O4/c1-25-21(16-8-14-20(31-2)15-9-16)28(19-6-4-3-5-7-19)32-22(25)23(29)27(24(25)30)18-12-10-17(26)11-13-18/h3-15,21-22H,1-2H3/t21-,22-,25-/m0/s1. The summed E-state index contributed by atoms with van der Waals surface area (Å²) in [7, 11) is 1.60. The van der Waals surface area contributed by atoms with E-state index in [2.05, 4.69) is 0 Å². The molecular weight excluding hydrogens is 428 g/mol. The Morgan fingerprint density at radius 3 is 2.19 bits per heavy atom. The van der Waals surface area contributed by atoms with Crippen LogP contribution in [0.4, 0.5) is 11.4 Å². The Morgan fingerprint density at radius 1 is 0.906 bits per heavy atom. The van der Waals surface area contributed by atoms with E-state index in [0.29, 0.717) is 16.5 Å². The molecule has 7 heteroatoms. The first-order chi connectivity index (χ1) is 15.4. The SMILES string of the molecule is COc1ccc([C@@H]2N(c3ccccc3)O[C@H]3C(=O)N(c4ccc(Cl)cc4)C(=O)[C@@]23C)cc1. The van der Waals surface area contributed by atoms with Crippen molar-refractivity contribution >= 4 is 34.8 Å². The Bertz CT molecular complexity index is 1170. The van der Waals surface area contributed by atoms with Crippen LogP contribution in [-0.4, -0.2) is 25.0 Å². The van der Waals surface area contributed by atoms with Crippen LogP contribution in [0.15, 0.2) is 78.9 Å². The zero-order valence-corrected chi connectivity index (χ0v) is 18.3.